The Balaban J connectivity index is 1.58. The van der Waals surface area contributed by atoms with E-state index in [1.165, 1.54) is 12.1 Å². The molecule has 4 nitrogen and oxygen atoms in total. The van der Waals surface area contributed by atoms with Gasteiger partial charge in [-0.25, -0.2) is 0 Å². The molecule has 22 heavy (non-hydrogen) atoms. The molecule has 1 unspecified atom stereocenters. The molecule has 0 amide bonds. The summed E-state index contributed by atoms with van der Waals surface area (Å²) in [4.78, 5) is 16.5. The number of likely N-dealkylation sites (tertiary alicyclic amines) is 1. The molecule has 2 aliphatic rings. The molecule has 0 aliphatic carbocycles. The zero-order valence-electron chi connectivity index (χ0n) is 13.4. The third kappa shape index (κ3) is 2.84. The summed E-state index contributed by atoms with van der Waals surface area (Å²) in [5.41, 5.74) is 0.823. The highest BCUT2D eigenvalue weighted by molar-refractivity contribution is 5.74. The average molecular weight is 302 g/mol. The van der Waals surface area contributed by atoms with Crippen LogP contribution in [0.2, 0.25) is 0 Å². The molecule has 0 spiro atoms. The molecule has 0 aromatic heterocycles. The number of nitrogens with zero attached hydrogens (tertiary/aromatic N) is 2. The fraction of sp³-hybridized carbons (Fsp3) is 0.611. The lowest BCUT2D eigenvalue weighted by Gasteiger charge is -2.41. The van der Waals surface area contributed by atoms with Gasteiger partial charge in [0.2, 0.25) is 0 Å². The number of anilines is 1. The minimum Gasteiger partial charge on any atom is -0.481 e. The highest BCUT2D eigenvalue weighted by Crippen LogP contribution is 2.36. The van der Waals surface area contributed by atoms with Crippen LogP contribution in [-0.2, 0) is 4.79 Å². The lowest BCUT2D eigenvalue weighted by atomic mass is 9.76. The molecule has 2 aliphatic heterocycles. The van der Waals surface area contributed by atoms with E-state index in [1.54, 1.807) is 0 Å². The topological polar surface area (TPSA) is 43.8 Å². The van der Waals surface area contributed by atoms with Crippen molar-refractivity contribution in [1.29, 1.82) is 0 Å². The molecule has 1 atom stereocenters. The van der Waals surface area contributed by atoms with Crippen molar-refractivity contribution < 1.29 is 9.90 Å². The van der Waals surface area contributed by atoms with Crippen LogP contribution in [0.15, 0.2) is 30.3 Å². The van der Waals surface area contributed by atoms with E-state index in [0.29, 0.717) is 6.04 Å². The number of para-hydroxylation sites is 1. The maximum Gasteiger partial charge on any atom is 0.309 e. The molecule has 2 heterocycles. The Kier molecular flexibility index (Phi) is 4.39. The minimum absolute atomic E-state index is 0.478. The number of rotatable bonds is 4. The Morgan fingerprint density at radius 3 is 2.50 bits per heavy atom. The third-order valence-corrected chi connectivity index (χ3v) is 5.69. The molecule has 2 fully saturated rings. The van der Waals surface area contributed by atoms with Crippen LogP contribution in [0.3, 0.4) is 0 Å². The first-order valence-corrected chi connectivity index (χ1v) is 8.42. The molecule has 0 saturated carbocycles. The van der Waals surface area contributed by atoms with Crippen LogP contribution >= 0.6 is 0 Å². The number of aliphatic carboxylic acids is 1. The molecule has 1 aromatic rings. The van der Waals surface area contributed by atoms with E-state index < -0.39 is 11.4 Å². The molecule has 2 saturated heterocycles. The monoisotopic (exact) mass is 302 g/mol. The highest BCUT2D eigenvalue weighted by atomic mass is 16.4. The van der Waals surface area contributed by atoms with Gasteiger partial charge in [-0.1, -0.05) is 25.1 Å². The summed E-state index contributed by atoms with van der Waals surface area (Å²) in [7, 11) is 0. The van der Waals surface area contributed by atoms with Gasteiger partial charge in [0.1, 0.15) is 0 Å². The van der Waals surface area contributed by atoms with Gasteiger partial charge in [-0.2, -0.15) is 0 Å². The first-order valence-electron chi connectivity index (χ1n) is 8.42. The van der Waals surface area contributed by atoms with Gasteiger partial charge >= 0.3 is 5.97 Å². The Hall–Kier alpha value is -1.55. The molecule has 120 valence electrons. The molecule has 0 bridgehead atoms. The number of hydrogen-bond acceptors (Lipinski definition) is 3. The van der Waals surface area contributed by atoms with Crippen LogP contribution in [0.25, 0.3) is 0 Å². The Labute approximate surface area is 132 Å². The number of carboxylic acids is 1. The number of carbonyl (C=O) groups is 1. The Morgan fingerprint density at radius 2 is 1.91 bits per heavy atom. The quantitative estimate of drug-likeness (QED) is 0.929. The van der Waals surface area contributed by atoms with Crippen LogP contribution in [0.5, 0.6) is 0 Å². The second kappa shape index (κ2) is 6.29. The normalized spacial score (nSPS) is 25.3. The molecule has 3 rings (SSSR count). The molecule has 1 N–H and O–H groups in total. The predicted molar refractivity (Wildman–Crippen MR) is 88.2 cm³/mol. The molecular formula is C18H26N2O2. The van der Waals surface area contributed by atoms with E-state index in [1.807, 2.05) is 6.92 Å². The van der Waals surface area contributed by atoms with E-state index in [4.69, 9.17) is 0 Å². The van der Waals surface area contributed by atoms with Gasteiger partial charge in [-0.15, -0.1) is 0 Å². The smallest absolute Gasteiger partial charge is 0.309 e. The Bertz CT molecular complexity index is 509. The van der Waals surface area contributed by atoms with Gasteiger partial charge in [0.25, 0.3) is 0 Å². The number of benzene rings is 1. The Morgan fingerprint density at radius 1 is 1.23 bits per heavy atom. The maximum atomic E-state index is 11.5. The van der Waals surface area contributed by atoms with Crippen LogP contribution in [0, 0.1) is 5.41 Å². The SMILES string of the molecule is CCC1(C(=O)O)CCN(C2CCN(c3ccccc3)C2)CC1. The summed E-state index contributed by atoms with van der Waals surface area (Å²) in [5, 5.41) is 9.50. The summed E-state index contributed by atoms with van der Waals surface area (Å²) in [6, 6.07) is 11.1. The van der Waals surface area contributed by atoms with Crippen molar-refractivity contribution in [3.05, 3.63) is 30.3 Å². The van der Waals surface area contributed by atoms with Crippen molar-refractivity contribution in [2.45, 2.75) is 38.6 Å². The minimum atomic E-state index is -0.605. The van der Waals surface area contributed by atoms with E-state index in [2.05, 4.69) is 40.1 Å². The number of carboxylic acid groups (broad SMARTS) is 1. The molecular weight excluding hydrogens is 276 g/mol. The second-order valence-electron chi connectivity index (χ2n) is 6.70. The van der Waals surface area contributed by atoms with Crippen molar-refractivity contribution in [1.82, 2.24) is 4.90 Å². The fourth-order valence-corrected chi connectivity index (χ4v) is 3.95. The van der Waals surface area contributed by atoms with E-state index >= 15 is 0 Å². The predicted octanol–water partition coefficient (Wildman–Crippen LogP) is 2.84. The van der Waals surface area contributed by atoms with Gasteiger partial charge in [0.15, 0.2) is 0 Å². The summed E-state index contributed by atoms with van der Waals surface area (Å²) in [6.45, 7) is 6.02. The van der Waals surface area contributed by atoms with Crippen LogP contribution in [-0.4, -0.2) is 48.2 Å². The van der Waals surface area contributed by atoms with Crippen molar-refractivity contribution in [2.24, 2.45) is 5.41 Å². The summed E-state index contributed by atoms with van der Waals surface area (Å²) < 4.78 is 0. The lowest BCUT2D eigenvalue weighted by molar-refractivity contribution is -0.152. The summed E-state index contributed by atoms with van der Waals surface area (Å²) in [6.07, 6.45) is 3.51. The number of piperidine rings is 1. The van der Waals surface area contributed by atoms with Crippen molar-refractivity contribution in [3.8, 4) is 0 Å². The molecule has 1 aromatic carbocycles. The van der Waals surface area contributed by atoms with E-state index in [9.17, 15) is 9.90 Å². The van der Waals surface area contributed by atoms with Crippen LogP contribution in [0.1, 0.15) is 32.6 Å². The van der Waals surface area contributed by atoms with Gasteiger partial charge in [-0.3, -0.25) is 9.69 Å². The van der Waals surface area contributed by atoms with E-state index in [-0.39, 0.29) is 0 Å². The fourth-order valence-electron chi connectivity index (χ4n) is 3.95. The van der Waals surface area contributed by atoms with Gasteiger partial charge in [0.05, 0.1) is 5.41 Å². The van der Waals surface area contributed by atoms with Crippen molar-refractivity contribution in [3.63, 3.8) is 0 Å². The van der Waals surface area contributed by atoms with Crippen LogP contribution < -0.4 is 4.90 Å². The molecule has 0 radical (unpaired) electrons. The van der Waals surface area contributed by atoms with Gasteiger partial charge in [-0.05, 0) is 50.9 Å². The third-order valence-electron chi connectivity index (χ3n) is 5.69. The van der Waals surface area contributed by atoms with Crippen LogP contribution in [0.4, 0.5) is 5.69 Å². The van der Waals surface area contributed by atoms with Gasteiger partial charge in [0, 0.05) is 24.8 Å². The zero-order chi connectivity index (χ0) is 15.6. The maximum absolute atomic E-state index is 11.5. The largest absolute Gasteiger partial charge is 0.481 e. The lowest BCUT2D eigenvalue weighted by Crippen LogP contribution is -2.48. The van der Waals surface area contributed by atoms with E-state index in [0.717, 1.165) is 45.4 Å². The summed E-state index contributed by atoms with van der Waals surface area (Å²) >= 11 is 0. The first kappa shape index (κ1) is 15.3. The first-order chi connectivity index (χ1) is 10.6. The van der Waals surface area contributed by atoms with Gasteiger partial charge < -0.3 is 10.0 Å². The van der Waals surface area contributed by atoms with Crippen molar-refractivity contribution >= 4 is 11.7 Å². The summed E-state index contributed by atoms with van der Waals surface area (Å²) in [5.74, 6) is -0.605. The van der Waals surface area contributed by atoms with Crippen molar-refractivity contribution in [2.75, 3.05) is 31.1 Å². The standard InChI is InChI=1S/C18H26N2O2/c1-2-18(17(21)22)9-12-19(13-10-18)16-8-11-20(14-16)15-6-4-3-5-7-15/h3-7,16H,2,8-14H2,1H3,(H,21,22). The number of hydrogen-bond donors (Lipinski definition) is 1. The average Bonchev–Trinajstić information content (AvgIpc) is 3.05. The highest BCUT2D eigenvalue weighted by Gasteiger charge is 2.41. The second-order valence-corrected chi connectivity index (χ2v) is 6.70. The zero-order valence-corrected chi connectivity index (χ0v) is 13.4. The molecule has 4 heteroatoms.